The van der Waals surface area contributed by atoms with Crippen LogP contribution in [0.15, 0.2) is 18.2 Å². The molecule has 0 amide bonds. The number of nitrogens with two attached hydrogens (primary N) is 1. The van der Waals surface area contributed by atoms with Crippen molar-refractivity contribution in [1.29, 1.82) is 0 Å². The number of hydrogen-bond acceptors (Lipinski definition) is 3. The van der Waals surface area contributed by atoms with E-state index in [0.717, 1.165) is 5.01 Å². The van der Waals surface area contributed by atoms with E-state index in [0.29, 0.717) is 27.2 Å². The Hall–Kier alpha value is -1.13. The number of halogens is 2. The van der Waals surface area contributed by atoms with Gasteiger partial charge in [0.1, 0.15) is 16.5 Å². The molecule has 2 nitrogen and oxygen atoms in total. The lowest BCUT2D eigenvalue weighted by molar-refractivity contribution is 0.628. The van der Waals surface area contributed by atoms with Gasteiger partial charge in [-0.2, -0.15) is 0 Å². The molecule has 0 aliphatic heterocycles. The van der Waals surface area contributed by atoms with Gasteiger partial charge in [0, 0.05) is 16.5 Å². The zero-order valence-corrected chi connectivity index (χ0v) is 11.9. The number of nitrogens with zero attached hydrogens (tertiary/aromatic N) is 1. The maximum atomic E-state index is 13.4. The Morgan fingerprint density at radius 1 is 1.26 bits per heavy atom. The van der Waals surface area contributed by atoms with Crippen molar-refractivity contribution in [3.8, 4) is 11.3 Å². The molecule has 1 aliphatic rings. The van der Waals surface area contributed by atoms with Crippen LogP contribution < -0.4 is 5.73 Å². The number of thiazole rings is 1. The first kappa shape index (κ1) is 12.9. The third-order valence-corrected chi connectivity index (χ3v) is 4.78. The fourth-order valence-corrected chi connectivity index (χ4v) is 3.84. The van der Waals surface area contributed by atoms with Gasteiger partial charge in [0.15, 0.2) is 0 Å². The molecule has 1 aromatic heterocycles. The van der Waals surface area contributed by atoms with E-state index in [4.69, 9.17) is 17.3 Å². The maximum Gasteiger partial charge on any atom is 0.125 e. The zero-order valence-electron chi connectivity index (χ0n) is 10.3. The Bertz CT molecular complexity index is 585. The summed E-state index contributed by atoms with van der Waals surface area (Å²) in [5, 5.41) is 2.08. The number of aromatic nitrogens is 1. The lowest BCUT2D eigenvalue weighted by Crippen LogP contribution is -1.91. The fourth-order valence-electron chi connectivity index (χ4n) is 2.59. The minimum Gasteiger partial charge on any atom is -0.389 e. The molecule has 3 rings (SSSR count). The molecule has 0 radical (unpaired) electrons. The highest BCUT2D eigenvalue weighted by Crippen LogP contribution is 2.41. The molecule has 0 atom stereocenters. The third-order valence-electron chi connectivity index (χ3n) is 3.51. The average molecular weight is 297 g/mol. The van der Waals surface area contributed by atoms with E-state index in [2.05, 4.69) is 4.98 Å². The Labute approximate surface area is 120 Å². The predicted molar refractivity (Wildman–Crippen MR) is 78.1 cm³/mol. The number of nitrogen functional groups attached to an aromatic ring is 1. The van der Waals surface area contributed by atoms with Gasteiger partial charge in [-0.15, -0.1) is 11.3 Å². The van der Waals surface area contributed by atoms with Gasteiger partial charge in [-0.05, 0) is 31.0 Å². The second-order valence-electron chi connectivity index (χ2n) is 4.90. The first-order chi connectivity index (χ1) is 9.13. The first-order valence-corrected chi connectivity index (χ1v) is 7.55. The fraction of sp³-hybridized carbons (Fsp3) is 0.357. The molecule has 0 unspecified atom stereocenters. The summed E-state index contributed by atoms with van der Waals surface area (Å²) >= 11 is 7.40. The van der Waals surface area contributed by atoms with E-state index >= 15 is 0 Å². The standard InChI is InChI=1S/C14H14ClFN2S/c15-10-5-9(6-11(16)7-10)12-13(17)19-14(18-12)8-3-1-2-4-8/h5-8H,1-4,17H2. The van der Waals surface area contributed by atoms with Crippen molar-refractivity contribution in [3.05, 3.63) is 34.0 Å². The van der Waals surface area contributed by atoms with Crippen LogP contribution in [0.2, 0.25) is 5.02 Å². The molecule has 2 N–H and O–H groups in total. The normalized spacial score (nSPS) is 16.1. The van der Waals surface area contributed by atoms with Crippen LogP contribution in [0.1, 0.15) is 36.6 Å². The van der Waals surface area contributed by atoms with Gasteiger partial charge in [0.25, 0.3) is 0 Å². The van der Waals surface area contributed by atoms with Crippen LogP contribution in [0.5, 0.6) is 0 Å². The summed E-state index contributed by atoms with van der Waals surface area (Å²) in [6.45, 7) is 0. The molecule has 2 aromatic rings. The molecule has 0 bridgehead atoms. The van der Waals surface area contributed by atoms with Crippen molar-refractivity contribution in [1.82, 2.24) is 4.98 Å². The van der Waals surface area contributed by atoms with Gasteiger partial charge in [0.05, 0.1) is 5.01 Å². The molecule has 1 aliphatic carbocycles. The van der Waals surface area contributed by atoms with Crippen LogP contribution in [0.25, 0.3) is 11.3 Å². The minimum absolute atomic E-state index is 0.364. The van der Waals surface area contributed by atoms with E-state index in [1.54, 1.807) is 6.07 Å². The smallest absolute Gasteiger partial charge is 0.125 e. The number of hydrogen-bond donors (Lipinski definition) is 1. The Kier molecular flexibility index (Phi) is 3.46. The predicted octanol–water partition coefficient (Wildman–Crippen LogP) is 4.84. The molecule has 100 valence electrons. The van der Waals surface area contributed by atoms with E-state index in [1.165, 1.54) is 49.2 Å². The topological polar surface area (TPSA) is 38.9 Å². The maximum absolute atomic E-state index is 13.4. The van der Waals surface area contributed by atoms with Gasteiger partial charge in [-0.25, -0.2) is 9.37 Å². The van der Waals surface area contributed by atoms with Crippen LogP contribution in [-0.2, 0) is 0 Å². The Balaban J connectivity index is 2.00. The highest BCUT2D eigenvalue weighted by Gasteiger charge is 2.22. The zero-order chi connectivity index (χ0) is 13.4. The molecule has 0 saturated heterocycles. The van der Waals surface area contributed by atoms with Crippen molar-refractivity contribution < 1.29 is 4.39 Å². The molecule has 5 heteroatoms. The Morgan fingerprint density at radius 2 is 2.00 bits per heavy atom. The molecular weight excluding hydrogens is 283 g/mol. The number of benzene rings is 1. The van der Waals surface area contributed by atoms with E-state index < -0.39 is 0 Å². The Morgan fingerprint density at radius 3 is 2.68 bits per heavy atom. The van der Waals surface area contributed by atoms with Crippen molar-refractivity contribution >= 4 is 27.9 Å². The van der Waals surface area contributed by atoms with Gasteiger partial charge in [-0.3, -0.25) is 0 Å². The van der Waals surface area contributed by atoms with E-state index in [-0.39, 0.29) is 5.82 Å². The highest BCUT2D eigenvalue weighted by atomic mass is 35.5. The lowest BCUT2D eigenvalue weighted by Gasteiger charge is -2.03. The molecule has 19 heavy (non-hydrogen) atoms. The van der Waals surface area contributed by atoms with E-state index in [9.17, 15) is 4.39 Å². The summed E-state index contributed by atoms with van der Waals surface area (Å²) in [6, 6.07) is 4.41. The summed E-state index contributed by atoms with van der Waals surface area (Å²) in [6.07, 6.45) is 4.86. The third kappa shape index (κ3) is 2.60. The molecule has 0 spiro atoms. The molecular formula is C14H14ClFN2S. The largest absolute Gasteiger partial charge is 0.389 e. The summed E-state index contributed by atoms with van der Waals surface area (Å²) in [4.78, 5) is 4.61. The number of anilines is 1. The monoisotopic (exact) mass is 296 g/mol. The van der Waals surface area contributed by atoms with Gasteiger partial charge >= 0.3 is 0 Å². The summed E-state index contributed by atoms with van der Waals surface area (Å²) in [5.41, 5.74) is 7.35. The van der Waals surface area contributed by atoms with Gasteiger partial charge in [0.2, 0.25) is 0 Å². The van der Waals surface area contributed by atoms with E-state index in [1.807, 2.05) is 0 Å². The summed E-state index contributed by atoms with van der Waals surface area (Å²) in [7, 11) is 0. The number of rotatable bonds is 2. The minimum atomic E-state index is -0.364. The van der Waals surface area contributed by atoms with Crippen LogP contribution in [0.3, 0.4) is 0 Å². The second-order valence-corrected chi connectivity index (χ2v) is 6.40. The van der Waals surface area contributed by atoms with Crippen LogP contribution in [0.4, 0.5) is 9.39 Å². The van der Waals surface area contributed by atoms with Crippen molar-refractivity contribution in [3.63, 3.8) is 0 Å². The summed E-state index contributed by atoms with van der Waals surface area (Å²) in [5.74, 6) is 0.155. The van der Waals surface area contributed by atoms with Crippen LogP contribution >= 0.6 is 22.9 Å². The highest BCUT2D eigenvalue weighted by molar-refractivity contribution is 7.16. The molecule has 1 saturated carbocycles. The quantitative estimate of drug-likeness (QED) is 0.861. The van der Waals surface area contributed by atoms with Gasteiger partial charge < -0.3 is 5.73 Å². The van der Waals surface area contributed by atoms with Crippen molar-refractivity contribution in [2.45, 2.75) is 31.6 Å². The SMILES string of the molecule is Nc1sc(C2CCCC2)nc1-c1cc(F)cc(Cl)c1. The van der Waals surface area contributed by atoms with Crippen LogP contribution in [-0.4, -0.2) is 4.98 Å². The lowest BCUT2D eigenvalue weighted by atomic mass is 10.1. The molecule has 1 fully saturated rings. The van der Waals surface area contributed by atoms with Gasteiger partial charge in [-0.1, -0.05) is 24.4 Å². The van der Waals surface area contributed by atoms with Crippen LogP contribution in [0, 0.1) is 5.82 Å². The second kappa shape index (κ2) is 5.10. The molecule has 1 aromatic carbocycles. The summed E-state index contributed by atoms with van der Waals surface area (Å²) < 4.78 is 13.4. The first-order valence-electron chi connectivity index (χ1n) is 6.36. The molecule has 1 heterocycles. The van der Waals surface area contributed by atoms with Crippen molar-refractivity contribution in [2.75, 3.05) is 5.73 Å². The average Bonchev–Trinajstić information content (AvgIpc) is 2.95. The van der Waals surface area contributed by atoms with Crippen molar-refractivity contribution in [2.24, 2.45) is 0 Å².